The molecule has 69 heavy (non-hydrogen) atoms. The minimum absolute atomic E-state index is 0. The summed E-state index contributed by atoms with van der Waals surface area (Å²) in [7, 11) is -1.54. The first-order valence-corrected chi connectivity index (χ1v) is 25.1. The second kappa shape index (κ2) is 20.1. The van der Waals surface area contributed by atoms with Crippen molar-refractivity contribution in [1.82, 2.24) is 0 Å². The van der Waals surface area contributed by atoms with Gasteiger partial charge in [0.2, 0.25) is 0 Å². The van der Waals surface area contributed by atoms with Crippen molar-refractivity contribution in [2.24, 2.45) is 0 Å². The molecule has 8 rings (SSSR count). The van der Waals surface area contributed by atoms with Crippen LogP contribution in [0.3, 0.4) is 0 Å². The van der Waals surface area contributed by atoms with Crippen molar-refractivity contribution in [3.8, 4) is 0 Å². The van der Waals surface area contributed by atoms with E-state index >= 15 is 0 Å². The van der Waals surface area contributed by atoms with Crippen LogP contribution < -0.4 is 21.9 Å². The molecule has 0 amide bonds. The molecule has 4 fully saturated rings. The average molecular weight is 1050 g/mol. The van der Waals surface area contributed by atoms with Crippen LogP contribution in [-0.2, 0) is 53.7 Å². The maximum absolute atomic E-state index is 6.16. The second-order valence-corrected chi connectivity index (χ2v) is 24.0. The quantitative estimate of drug-likeness (QED) is 0.0791. The van der Waals surface area contributed by atoms with Gasteiger partial charge in [0.05, 0.1) is 44.8 Å². The number of thiol groups is 4. The van der Waals surface area contributed by atoms with Crippen LogP contribution in [0, 0.1) is 0 Å². The molecule has 0 aliphatic carbocycles. The molecule has 0 atom stereocenters. The van der Waals surface area contributed by atoms with Gasteiger partial charge in [0.15, 0.2) is 0 Å². The fourth-order valence-corrected chi connectivity index (χ4v) is 8.77. The van der Waals surface area contributed by atoms with Crippen LogP contribution in [0.1, 0.15) is 133 Å². The minimum atomic E-state index is -0.385. The summed E-state index contributed by atoms with van der Waals surface area (Å²) in [6.07, 6.45) is 0. The Morgan fingerprint density at radius 3 is 0.493 bits per heavy atom. The van der Waals surface area contributed by atoms with E-state index in [9.17, 15) is 0 Å². The summed E-state index contributed by atoms with van der Waals surface area (Å²) >= 11 is 19.1. The molecule has 8 nitrogen and oxygen atoms in total. The molecule has 0 bridgehead atoms. The van der Waals surface area contributed by atoms with Gasteiger partial charge in [-0.2, -0.15) is 0 Å². The van der Waals surface area contributed by atoms with E-state index in [0.717, 1.165) is 63.7 Å². The van der Waals surface area contributed by atoms with Gasteiger partial charge >= 0.3 is 28.5 Å². The van der Waals surface area contributed by atoms with E-state index in [2.05, 4.69) is 111 Å². The Hall–Kier alpha value is -1.81. The molecule has 0 spiro atoms. The Morgan fingerprint density at radius 1 is 0.261 bits per heavy atom. The first-order chi connectivity index (χ1) is 31.3. The third-order valence-electron chi connectivity index (χ3n) is 15.3. The molecule has 4 aromatic carbocycles. The summed E-state index contributed by atoms with van der Waals surface area (Å²) in [5, 5.41) is 0. The monoisotopic (exact) mass is 1050 g/mol. The third kappa shape index (κ3) is 11.5. The molecule has 4 heterocycles. The van der Waals surface area contributed by atoms with Gasteiger partial charge in [-0.05, 0) is 155 Å². The zero-order valence-corrected chi connectivity index (χ0v) is 47.5. The van der Waals surface area contributed by atoms with E-state index in [4.69, 9.17) is 87.8 Å². The summed E-state index contributed by atoms with van der Waals surface area (Å²) < 4.78 is 49.3. The molecule has 4 saturated heterocycles. The molecule has 0 saturated carbocycles. The van der Waals surface area contributed by atoms with Crippen LogP contribution in [-0.4, -0.2) is 73.3 Å². The van der Waals surface area contributed by atoms with Crippen molar-refractivity contribution in [2.75, 3.05) is 0 Å². The summed E-state index contributed by atoms with van der Waals surface area (Å²) in [6, 6.07) is 32.4. The predicted octanol–water partition coefficient (Wildman–Crippen LogP) is 9.94. The molecule has 0 unspecified atom stereocenters. The van der Waals surface area contributed by atoms with Gasteiger partial charge in [-0.3, -0.25) is 0 Å². The third-order valence-corrected chi connectivity index (χ3v) is 17.6. The zero-order chi connectivity index (χ0) is 50.2. The average Bonchev–Trinajstić information content (AvgIpc) is 3.82. The van der Waals surface area contributed by atoms with E-state index in [1.807, 2.05) is 97.1 Å². The molecule has 370 valence electrons. The maximum atomic E-state index is 6.16. The van der Waals surface area contributed by atoms with E-state index in [0.29, 0.717) is 0 Å². The smallest absolute Gasteiger partial charge is 0.399 e. The van der Waals surface area contributed by atoms with E-state index < -0.39 is 0 Å². The SMILES string of the molecule is CC1(C)OB(c2ccc(C(S)=C(S)c3ccc(B4OC(C)(C)C(C)(C)O4)cc3)cc2)OC1(C)C.CC1(C)OB(c2ccc(C(S)=C(S)c3ccc(B4OC(C)(C)C(C)(C)O4)cc3)cc2)OC1(C)C.[Ni]. The van der Waals surface area contributed by atoms with Crippen LogP contribution in [0.5, 0.6) is 0 Å². The number of hydrogen-bond donors (Lipinski definition) is 4. The van der Waals surface area contributed by atoms with Gasteiger partial charge in [-0.15, -0.1) is 50.5 Å². The van der Waals surface area contributed by atoms with Crippen molar-refractivity contribution in [2.45, 2.75) is 156 Å². The van der Waals surface area contributed by atoms with Crippen molar-refractivity contribution in [3.63, 3.8) is 0 Å². The van der Waals surface area contributed by atoms with Crippen molar-refractivity contribution < 1.29 is 53.7 Å². The van der Waals surface area contributed by atoms with Crippen LogP contribution >= 0.6 is 50.5 Å². The Morgan fingerprint density at radius 2 is 0.377 bits per heavy atom. The molecule has 17 heteroatoms. The van der Waals surface area contributed by atoms with Gasteiger partial charge in [0, 0.05) is 36.1 Å². The summed E-state index contributed by atoms with van der Waals surface area (Å²) in [6.45, 7) is 32.9. The fourth-order valence-electron chi connectivity index (χ4n) is 7.66. The van der Waals surface area contributed by atoms with Gasteiger partial charge in [-0.25, -0.2) is 0 Å². The standard InChI is InChI=1S/2C26H34B2O4S2.Ni/c2*1-23(2)24(3,4)30-27(29-23)19-13-9-17(10-14-19)21(33)22(34)18-11-15-20(16-12-18)28-31-25(5,6)26(7,8)32-28;/h2*9-16,33-34H,1-8H3;. The van der Waals surface area contributed by atoms with Crippen LogP contribution in [0.15, 0.2) is 97.1 Å². The normalized spacial score (nSPS) is 22.9. The summed E-state index contributed by atoms with van der Waals surface area (Å²) in [4.78, 5) is 3.19. The number of benzene rings is 4. The second-order valence-electron chi connectivity index (χ2n) is 22.2. The Labute approximate surface area is 446 Å². The van der Waals surface area contributed by atoms with Gasteiger partial charge < -0.3 is 37.2 Å². The first kappa shape index (κ1) is 56.5. The van der Waals surface area contributed by atoms with Crippen LogP contribution in [0.25, 0.3) is 19.6 Å². The van der Waals surface area contributed by atoms with Gasteiger partial charge in [0.1, 0.15) is 0 Å². The molecular weight excluding hydrogens is 983 g/mol. The molecular formula is C52H68B4NiO8S4. The molecule has 0 aromatic heterocycles. The molecule has 0 radical (unpaired) electrons. The molecule has 4 aliphatic heterocycles. The van der Waals surface area contributed by atoms with E-state index in [-0.39, 0.29) is 89.8 Å². The molecule has 0 N–H and O–H groups in total. The van der Waals surface area contributed by atoms with Crippen LogP contribution in [0.2, 0.25) is 0 Å². The largest absolute Gasteiger partial charge is 0.494 e. The number of rotatable bonds is 8. The predicted molar refractivity (Wildman–Crippen MR) is 298 cm³/mol. The maximum Gasteiger partial charge on any atom is 0.494 e. The van der Waals surface area contributed by atoms with Crippen LogP contribution in [0.4, 0.5) is 0 Å². The summed E-state index contributed by atoms with van der Waals surface area (Å²) in [5.41, 5.74) is 4.91. The zero-order valence-electron chi connectivity index (χ0n) is 42.9. The Bertz CT molecular complexity index is 2130. The fraction of sp³-hybridized carbons (Fsp3) is 0.462. The molecule has 4 aromatic rings. The topological polar surface area (TPSA) is 73.8 Å². The Balaban J connectivity index is 0.000000224. The number of hydrogen-bond acceptors (Lipinski definition) is 12. The van der Waals surface area contributed by atoms with Gasteiger partial charge in [-0.1, -0.05) is 97.1 Å². The van der Waals surface area contributed by atoms with Crippen molar-refractivity contribution in [1.29, 1.82) is 0 Å². The van der Waals surface area contributed by atoms with Gasteiger partial charge in [0.25, 0.3) is 0 Å². The van der Waals surface area contributed by atoms with E-state index in [1.54, 1.807) is 0 Å². The van der Waals surface area contributed by atoms with Crippen molar-refractivity contribution >= 4 is 120 Å². The minimum Gasteiger partial charge on any atom is -0.399 e. The molecule has 4 aliphatic rings. The Kier molecular flexibility index (Phi) is 16.5. The van der Waals surface area contributed by atoms with E-state index in [1.165, 1.54) is 0 Å². The first-order valence-electron chi connectivity index (χ1n) is 23.4. The summed E-state index contributed by atoms with van der Waals surface area (Å²) in [5.74, 6) is 0. The van der Waals surface area contributed by atoms with Crippen molar-refractivity contribution in [3.05, 3.63) is 119 Å².